The van der Waals surface area contributed by atoms with Crippen molar-refractivity contribution in [3.63, 3.8) is 0 Å². The lowest BCUT2D eigenvalue weighted by atomic mass is 10.2. The first kappa shape index (κ1) is 9.46. The maximum absolute atomic E-state index is 11.9. The number of hydrogen-bond donors (Lipinski definition) is 1. The molecule has 0 spiro atoms. The average molecular weight is 203 g/mol. The quantitative estimate of drug-likeness (QED) is 0.719. The average Bonchev–Trinajstić information content (AvgIpc) is 2.93. The summed E-state index contributed by atoms with van der Waals surface area (Å²) in [5, 5.41) is 3.22. The van der Waals surface area contributed by atoms with Crippen molar-refractivity contribution in [2.24, 2.45) is 0 Å². The zero-order valence-corrected chi connectivity index (χ0v) is 8.65. The van der Waals surface area contributed by atoms with Gasteiger partial charge in [-0.3, -0.25) is 0 Å². The number of rotatable bonds is 2. The molecule has 2 rings (SSSR count). The second-order valence-electron chi connectivity index (χ2n) is 4.09. The Labute approximate surface area is 79.8 Å². The van der Waals surface area contributed by atoms with Crippen molar-refractivity contribution in [3.05, 3.63) is 0 Å². The van der Waals surface area contributed by atoms with Crippen LogP contribution in [0.15, 0.2) is 0 Å². The van der Waals surface area contributed by atoms with Gasteiger partial charge in [0.1, 0.15) is 0 Å². The predicted molar refractivity (Wildman–Crippen MR) is 52.5 cm³/mol. The molecule has 0 bridgehead atoms. The van der Waals surface area contributed by atoms with E-state index < -0.39 is 9.84 Å². The molecule has 0 amide bonds. The van der Waals surface area contributed by atoms with Crippen LogP contribution in [0.4, 0.5) is 0 Å². The molecule has 1 atom stereocenters. The molecule has 3 nitrogen and oxygen atoms in total. The summed E-state index contributed by atoms with van der Waals surface area (Å²) in [7, 11) is -2.75. The minimum absolute atomic E-state index is 0.0237. The molecule has 1 unspecified atom stereocenters. The van der Waals surface area contributed by atoms with Crippen LogP contribution in [0.1, 0.15) is 32.1 Å². The summed E-state index contributed by atoms with van der Waals surface area (Å²) >= 11 is 0. The van der Waals surface area contributed by atoms with Crippen molar-refractivity contribution in [1.29, 1.82) is 0 Å². The molecular weight excluding hydrogens is 186 g/mol. The van der Waals surface area contributed by atoms with Crippen molar-refractivity contribution in [2.45, 2.75) is 42.6 Å². The van der Waals surface area contributed by atoms with Gasteiger partial charge in [0.05, 0.1) is 10.5 Å². The molecule has 0 aromatic heterocycles. The largest absolute Gasteiger partial charge is 0.317 e. The number of sulfone groups is 1. The van der Waals surface area contributed by atoms with E-state index >= 15 is 0 Å². The fourth-order valence-electron chi connectivity index (χ4n) is 1.98. The number of hydrogen-bond acceptors (Lipinski definition) is 3. The Morgan fingerprint density at radius 2 is 1.62 bits per heavy atom. The van der Waals surface area contributed by atoms with Crippen LogP contribution in [-0.2, 0) is 9.84 Å². The Morgan fingerprint density at radius 3 is 2.31 bits per heavy atom. The summed E-state index contributed by atoms with van der Waals surface area (Å²) in [5.41, 5.74) is 0. The maximum Gasteiger partial charge on any atom is 0.156 e. The zero-order valence-electron chi connectivity index (χ0n) is 7.83. The first-order chi connectivity index (χ1) is 6.21. The van der Waals surface area contributed by atoms with Gasteiger partial charge < -0.3 is 5.32 Å². The van der Waals surface area contributed by atoms with Gasteiger partial charge in [0, 0.05) is 0 Å². The standard InChI is InChI=1S/C9H17NO2S/c11-13(12,9-3-4-9)8-2-1-6-10-7-5-8/h8-10H,1-7H2. The molecule has 1 saturated heterocycles. The molecular formula is C9H17NO2S. The third-order valence-corrected chi connectivity index (χ3v) is 5.78. The van der Waals surface area contributed by atoms with Crippen molar-refractivity contribution >= 4 is 9.84 Å². The van der Waals surface area contributed by atoms with Crippen LogP contribution in [0.5, 0.6) is 0 Å². The lowest BCUT2D eigenvalue weighted by molar-refractivity contribution is 0.565. The Hall–Kier alpha value is -0.0900. The van der Waals surface area contributed by atoms with Crippen molar-refractivity contribution in [2.75, 3.05) is 13.1 Å². The van der Waals surface area contributed by atoms with Crippen LogP contribution in [0.25, 0.3) is 0 Å². The molecule has 1 saturated carbocycles. The van der Waals surface area contributed by atoms with E-state index in [4.69, 9.17) is 0 Å². The van der Waals surface area contributed by atoms with E-state index in [2.05, 4.69) is 5.32 Å². The highest BCUT2D eigenvalue weighted by molar-refractivity contribution is 7.92. The molecule has 2 aliphatic rings. The lowest BCUT2D eigenvalue weighted by Gasteiger charge is -2.13. The highest BCUT2D eigenvalue weighted by Gasteiger charge is 2.40. The molecule has 0 aromatic carbocycles. The predicted octanol–water partition coefficient (Wildman–Crippen LogP) is 0.706. The van der Waals surface area contributed by atoms with Gasteiger partial charge in [-0.25, -0.2) is 8.42 Å². The molecule has 1 aliphatic carbocycles. The van der Waals surface area contributed by atoms with Crippen molar-refractivity contribution in [3.8, 4) is 0 Å². The van der Waals surface area contributed by atoms with E-state index in [-0.39, 0.29) is 10.5 Å². The molecule has 13 heavy (non-hydrogen) atoms. The molecule has 0 aromatic rings. The van der Waals surface area contributed by atoms with Crippen molar-refractivity contribution in [1.82, 2.24) is 5.32 Å². The zero-order chi connectivity index (χ0) is 9.31. The van der Waals surface area contributed by atoms with Crippen LogP contribution in [0.3, 0.4) is 0 Å². The summed E-state index contributed by atoms with van der Waals surface area (Å²) in [4.78, 5) is 0. The normalized spacial score (nSPS) is 31.2. The third kappa shape index (κ3) is 2.05. The second kappa shape index (κ2) is 3.58. The molecule has 4 heteroatoms. The summed E-state index contributed by atoms with van der Waals surface area (Å²) in [6.07, 6.45) is 4.51. The van der Waals surface area contributed by atoms with Crippen LogP contribution in [0.2, 0.25) is 0 Å². The van der Waals surface area contributed by atoms with E-state index in [1.54, 1.807) is 0 Å². The van der Waals surface area contributed by atoms with Gasteiger partial charge >= 0.3 is 0 Å². The van der Waals surface area contributed by atoms with E-state index in [1.807, 2.05) is 0 Å². The topological polar surface area (TPSA) is 46.2 Å². The van der Waals surface area contributed by atoms with Gasteiger partial charge in [-0.2, -0.15) is 0 Å². The summed E-state index contributed by atoms with van der Waals surface area (Å²) < 4.78 is 23.7. The number of nitrogens with one attached hydrogen (secondary N) is 1. The van der Waals surface area contributed by atoms with Gasteiger partial charge in [-0.1, -0.05) is 0 Å². The van der Waals surface area contributed by atoms with Crippen LogP contribution < -0.4 is 5.32 Å². The van der Waals surface area contributed by atoms with Crippen LogP contribution in [0, 0.1) is 0 Å². The first-order valence-corrected chi connectivity index (χ1v) is 6.75. The van der Waals surface area contributed by atoms with Gasteiger partial charge in [-0.05, 0) is 45.2 Å². The van der Waals surface area contributed by atoms with Gasteiger partial charge in [0.2, 0.25) is 0 Å². The van der Waals surface area contributed by atoms with E-state index in [1.165, 1.54) is 0 Å². The van der Waals surface area contributed by atoms with Crippen molar-refractivity contribution < 1.29 is 8.42 Å². The lowest BCUT2D eigenvalue weighted by Crippen LogP contribution is -2.26. The minimum Gasteiger partial charge on any atom is -0.317 e. The molecule has 1 aliphatic heterocycles. The van der Waals surface area contributed by atoms with Crippen LogP contribution >= 0.6 is 0 Å². The van der Waals surface area contributed by atoms with E-state index in [0.717, 1.165) is 45.2 Å². The third-order valence-electron chi connectivity index (χ3n) is 2.98. The van der Waals surface area contributed by atoms with E-state index in [9.17, 15) is 8.42 Å². The molecule has 1 heterocycles. The van der Waals surface area contributed by atoms with Gasteiger partial charge in [0.15, 0.2) is 9.84 Å². The first-order valence-electron chi connectivity index (χ1n) is 5.14. The highest BCUT2D eigenvalue weighted by atomic mass is 32.2. The maximum atomic E-state index is 11.9. The molecule has 1 N–H and O–H groups in total. The minimum atomic E-state index is -2.75. The summed E-state index contributed by atoms with van der Waals surface area (Å²) in [6.45, 7) is 1.85. The monoisotopic (exact) mass is 203 g/mol. The Balaban J connectivity index is 2.04. The molecule has 2 fully saturated rings. The second-order valence-corrected chi connectivity index (χ2v) is 6.60. The fourth-order valence-corrected chi connectivity index (χ4v) is 4.26. The Morgan fingerprint density at radius 1 is 0.923 bits per heavy atom. The molecule has 76 valence electrons. The molecule has 0 radical (unpaired) electrons. The fraction of sp³-hybridized carbons (Fsp3) is 1.00. The summed E-state index contributed by atoms with van der Waals surface area (Å²) in [6, 6.07) is 0. The Kier molecular flexibility index (Phi) is 2.60. The SMILES string of the molecule is O=S(=O)(C1CCCNCC1)C1CC1. The smallest absolute Gasteiger partial charge is 0.156 e. The van der Waals surface area contributed by atoms with E-state index in [0.29, 0.717) is 0 Å². The van der Waals surface area contributed by atoms with Crippen LogP contribution in [-0.4, -0.2) is 32.0 Å². The van der Waals surface area contributed by atoms with Gasteiger partial charge in [-0.15, -0.1) is 0 Å². The van der Waals surface area contributed by atoms with Gasteiger partial charge in [0.25, 0.3) is 0 Å². The highest BCUT2D eigenvalue weighted by Crippen LogP contribution is 2.33. The Bertz CT molecular complexity index is 261. The summed E-state index contributed by atoms with van der Waals surface area (Å²) in [5.74, 6) is 0.